The van der Waals surface area contributed by atoms with Crippen molar-refractivity contribution in [1.29, 1.82) is 0 Å². The van der Waals surface area contributed by atoms with Gasteiger partial charge in [0.2, 0.25) is 17.7 Å². The van der Waals surface area contributed by atoms with Crippen molar-refractivity contribution >= 4 is 5.91 Å². The molecule has 2 rings (SSSR count). The highest BCUT2D eigenvalue weighted by molar-refractivity contribution is 5.76. The molecule has 0 aliphatic carbocycles. The van der Waals surface area contributed by atoms with Crippen LogP contribution in [0.15, 0.2) is 28.7 Å². The van der Waals surface area contributed by atoms with Gasteiger partial charge in [0.25, 0.3) is 0 Å². The number of methoxy groups -OCH3 is 1. The molecular weight excluding hydrogens is 282 g/mol. The number of benzene rings is 1. The Hall–Kier alpha value is -2.37. The van der Waals surface area contributed by atoms with Crippen LogP contribution in [0.4, 0.5) is 0 Å². The third kappa shape index (κ3) is 4.58. The van der Waals surface area contributed by atoms with Gasteiger partial charge in [-0.05, 0) is 30.2 Å². The number of nitrogens with zero attached hydrogens (tertiary/aromatic N) is 2. The van der Waals surface area contributed by atoms with Crippen molar-refractivity contribution in [3.63, 3.8) is 0 Å². The second-order valence-corrected chi connectivity index (χ2v) is 5.43. The van der Waals surface area contributed by atoms with E-state index in [0.717, 1.165) is 11.3 Å². The van der Waals surface area contributed by atoms with Crippen LogP contribution in [0.1, 0.15) is 26.2 Å². The quantitative estimate of drug-likeness (QED) is 0.850. The predicted octanol–water partition coefficient (Wildman–Crippen LogP) is 2.45. The maximum Gasteiger partial charge on any atom is 0.247 e. The Morgan fingerprint density at radius 2 is 2.00 bits per heavy atom. The number of rotatable bonds is 7. The van der Waals surface area contributed by atoms with Crippen molar-refractivity contribution in [3.05, 3.63) is 30.2 Å². The number of amides is 1. The van der Waals surface area contributed by atoms with Crippen LogP contribution >= 0.6 is 0 Å². The normalized spacial score (nSPS) is 10.7. The molecule has 1 N–H and O–H groups in total. The zero-order valence-electron chi connectivity index (χ0n) is 13.1. The van der Waals surface area contributed by atoms with E-state index in [9.17, 15) is 4.79 Å². The maximum atomic E-state index is 11.7. The third-order valence-corrected chi connectivity index (χ3v) is 3.08. The monoisotopic (exact) mass is 303 g/mol. The highest BCUT2D eigenvalue weighted by Gasteiger charge is 2.10. The van der Waals surface area contributed by atoms with Gasteiger partial charge in [-0.15, -0.1) is 10.2 Å². The van der Waals surface area contributed by atoms with Gasteiger partial charge in [0.05, 0.1) is 7.11 Å². The molecule has 6 heteroatoms. The van der Waals surface area contributed by atoms with Crippen molar-refractivity contribution < 1.29 is 13.9 Å². The van der Waals surface area contributed by atoms with Gasteiger partial charge in [-0.25, -0.2) is 0 Å². The van der Waals surface area contributed by atoms with Gasteiger partial charge in [-0.2, -0.15) is 0 Å². The molecule has 0 saturated heterocycles. The van der Waals surface area contributed by atoms with Gasteiger partial charge in [-0.1, -0.05) is 13.8 Å². The molecule has 0 bridgehead atoms. The first-order chi connectivity index (χ1) is 10.6. The summed E-state index contributed by atoms with van der Waals surface area (Å²) in [4.78, 5) is 11.7. The van der Waals surface area contributed by atoms with E-state index >= 15 is 0 Å². The van der Waals surface area contributed by atoms with Crippen molar-refractivity contribution in [2.75, 3.05) is 13.7 Å². The van der Waals surface area contributed by atoms with Crippen LogP contribution in [-0.2, 0) is 11.2 Å². The molecule has 0 atom stereocenters. The van der Waals surface area contributed by atoms with Gasteiger partial charge in [0.15, 0.2) is 0 Å². The zero-order valence-corrected chi connectivity index (χ0v) is 13.1. The smallest absolute Gasteiger partial charge is 0.247 e. The largest absolute Gasteiger partial charge is 0.497 e. The highest BCUT2D eigenvalue weighted by atomic mass is 16.5. The summed E-state index contributed by atoms with van der Waals surface area (Å²) in [5.74, 6) is 2.11. The minimum atomic E-state index is -0.00195. The Balaban J connectivity index is 1.89. The predicted molar refractivity (Wildman–Crippen MR) is 82.5 cm³/mol. The highest BCUT2D eigenvalue weighted by Crippen LogP contribution is 2.21. The Bertz CT molecular complexity index is 605. The lowest BCUT2D eigenvalue weighted by Gasteiger charge is -2.06. The Kier molecular flexibility index (Phi) is 5.52. The van der Waals surface area contributed by atoms with E-state index in [1.165, 1.54) is 0 Å². The van der Waals surface area contributed by atoms with Gasteiger partial charge in [0.1, 0.15) is 5.75 Å². The second-order valence-electron chi connectivity index (χ2n) is 5.43. The van der Waals surface area contributed by atoms with Crippen molar-refractivity contribution in [2.24, 2.45) is 5.92 Å². The molecule has 6 nitrogen and oxygen atoms in total. The van der Waals surface area contributed by atoms with Gasteiger partial charge in [0, 0.05) is 24.9 Å². The van der Waals surface area contributed by atoms with E-state index in [2.05, 4.69) is 29.4 Å². The minimum Gasteiger partial charge on any atom is -0.497 e. The van der Waals surface area contributed by atoms with E-state index in [4.69, 9.17) is 9.15 Å². The molecule has 0 saturated carbocycles. The lowest BCUT2D eigenvalue weighted by atomic mass is 10.2. The number of aryl methyl sites for hydroxylation is 1. The molecule has 1 amide bonds. The van der Waals surface area contributed by atoms with Crippen LogP contribution in [0.3, 0.4) is 0 Å². The number of hydrogen-bond acceptors (Lipinski definition) is 5. The second kappa shape index (κ2) is 7.59. The Morgan fingerprint density at radius 1 is 1.27 bits per heavy atom. The number of carbonyl (C=O) groups is 1. The Labute approximate surface area is 129 Å². The van der Waals surface area contributed by atoms with Crippen molar-refractivity contribution in [2.45, 2.75) is 26.7 Å². The van der Waals surface area contributed by atoms with Crippen LogP contribution in [-0.4, -0.2) is 29.8 Å². The fraction of sp³-hybridized carbons (Fsp3) is 0.438. The number of nitrogens with one attached hydrogen (secondary N) is 1. The van der Waals surface area contributed by atoms with Crippen LogP contribution in [0.2, 0.25) is 0 Å². The van der Waals surface area contributed by atoms with Gasteiger partial charge >= 0.3 is 0 Å². The standard InChI is InChI=1S/C16H21N3O3/c1-11(2)10-17-14(20)8-9-15-18-19-16(22-15)12-4-6-13(21-3)7-5-12/h4-7,11H,8-10H2,1-3H3,(H,17,20). The van der Waals surface area contributed by atoms with Crippen molar-refractivity contribution in [3.8, 4) is 17.2 Å². The molecule has 0 unspecified atom stereocenters. The average molecular weight is 303 g/mol. The first kappa shape index (κ1) is 16.0. The molecule has 22 heavy (non-hydrogen) atoms. The Morgan fingerprint density at radius 3 is 2.64 bits per heavy atom. The summed E-state index contributed by atoms with van der Waals surface area (Å²) in [6, 6.07) is 7.37. The van der Waals surface area contributed by atoms with Gasteiger partial charge < -0.3 is 14.5 Å². The SMILES string of the molecule is COc1ccc(-c2nnc(CCC(=O)NCC(C)C)o2)cc1. The van der Waals surface area contributed by atoms with Gasteiger partial charge in [-0.3, -0.25) is 4.79 Å². The molecule has 118 valence electrons. The molecule has 1 heterocycles. The van der Waals surface area contributed by atoms with Crippen LogP contribution in [0.25, 0.3) is 11.5 Å². The molecule has 1 aromatic heterocycles. The molecule has 0 radical (unpaired) electrons. The third-order valence-electron chi connectivity index (χ3n) is 3.08. The summed E-state index contributed by atoms with van der Waals surface area (Å²) in [7, 11) is 1.62. The topological polar surface area (TPSA) is 77.2 Å². The van der Waals surface area contributed by atoms with E-state index in [1.54, 1.807) is 7.11 Å². The molecular formula is C16H21N3O3. The molecule has 0 aliphatic heterocycles. The molecule has 0 spiro atoms. The maximum absolute atomic E-state index is 11.7. The number of carbonyl (C=O) groups excluding carboxylic acids is 1. The van der Waals surface area contributed by atoms with Crippen LogP contribution in [0, 0.1) is 5.92 Å². The molecule has 0 fully saturated rings. The summed E-state index contributed by atoms with van der Waals surface area (Å²) in [6.07, 6.45) is 0.782. The van der Waals surface area contributed by atoms with E-state index in [1.807, 2.05) is 24.3 Å². The zero-order chi connectivity index (χ0) is 15.9. The lowest BCUT2D eigenvalue weighted by molar-refractivity contribution is -0.121. The summed E-state index contributed by atoms with van der Waals surface area (Å²) in [5.41, 5.74) is 0.823. The molecule has 0 aliphatic rings. The number of aromatic nitrogens is 2. The van der Waals surface area contributed by atoms with E-state index in [-0.39, 0.29) is 5.91 Å². The number of hydrogen-bond donors (Lipinski definition) is 1. The molecule has 1 aromatic carbocycles. The van der Waals surface area contributed by atoms with Crippen LogP contribution < -0.4 is 10.1 Å². The van der Waals surface area contributed by atoms with Crippen molar-refractivity contribution in [1.82, 2.24) is 15.5 Å². The fourth-order valence-electron chi connectivity index (χ4n) is 1.83. The number of ether oxygens (including phenoxy) is 1. The van der Waals surface area contributed by atoms with E-state index in [0.29, 0.717) is 37.1 Å². The van der Waals surface area contributed by atoms with Crippen LogP contribution in [0.5, 0.6) is 5.75 Å². The summed E-state index contributed by atoms with van der Waals surface area (Å²) in [6.45, 7) is 4.79. The first-order valence-electron chi connectivity index (χ1n) is 7.32. The first-order valence-corrected chi connectivity index (χ1v) is 7.32. The van der Waals surface area contributed by atoms with E-state index < -0.39 is 0 Å². The lowest BCUT2D eigenvalue weighted by Crippen LogP contribution is -2.27. The summed E-state index contributed by atoms with van der Waals surface area (Å²) < 4.78 is 10.7. The minimum absolute atomic E-state index is 0.00195. The fourth-order valence-corrected chi connectivity index (χ4v) is 1.83. The average Bonchev–Trinajstić information content (AvgIpc) is 3.00. The molecule has 2 aromatic rings. The summed E-state index contributed by atoms with van der Waals surface area (Å²) >= 11 is 0. The summed E-state index contributed by atoms with van der Waals surface area (Å²) in [5, 5.41) is 10.8.